The highest BCUT2D eigenvalue weighted by Gasteiger charge is 2.50. The summed E-state index contributed by atoms with van der Waals surface area (Å²) < 4.78 is 0. The Labute approximate surface area is 179 Å². The van der Waals surface area contributed by atoms with Crippen LogP contribution in [0.25, 0.3) is 0 Å². The zero-order valence-corrected chi connectivity index (χ0v) is 17.0. The molecule has 3 aromatic carbocycles. The highest BCUT2D eigenvalue weighted by molar-refractivity contribution is 6.31. The van der Waals surface area contributed by atoms with Crippen LogP contribution in [0.1, 0.15) is 27.9 Å². The number of nitrogen functional groups attached to an aromatic ring is 1. The van der Waals surface area contributed by atoms with E-state index >= 15 is 0 Å². The maximum Gasteiger partial charge on any atom is 0.264 e. The molecule has 3 aromatic rings. The molecule has 1 aliphatic rings. The molecule has 152 valence electrons. The van der Waals surface area contributed by atoms with Gasteiger partial charge in [0.25, 0.3) is 5.91 Å². The SMILES string of the molecule is Nc1ccc(C(=O)C[C@]2(O)C(=O)N(CCc3ccccc3)c3ccc(Cl)cc32)cc1. The fourth-order valence-corrected chi connectivity index (χ4v) is 3.98. The van der Waals surface area contributed by atoms with Gasteiger partial charge in [0.1, 0.15) is 0 Å². The minimum atomic E-state index is -1.96. The third kappa shape index (κ3) is 3.70. The zero-order chi connectivity index (χ0) is 21.3. The predicted octanol–water partition coefficient (Wildman–Crippen LogP) is 3.97. The summed E-state index contributed by atoms with van der Waals surface area (Å²) in [4.78, 5) is 27.7. The molecular weight excluding hydrogens is 400 g/mol. The largest absolute Gasteiger partial charge is 0.399 e. The van der Waals surface area contributed by atoms with E-state index in [0.717, 1.165) is 5.56 Å². The number of carbonyl (C=O) groups excluding carboxylic acids is 2. The molecule has 0 aliphatic carbocycles. The fourth-order valence-electron chi connectivity index (χ4n) is 3.80. The first kappa shape index (κ1) is 20.1. The number of rotatable bonds is 6. The number of hydrogen-bond acceptors (Lipinski definition) is 4. The first-order chi connectivity index (χ1) is 14.4. The Balaban J connectivity index is 1.64. The summed E-state index contributed by atoms with van der Waals surface area (Å²) in [6, 6.07) is 21.2. The Morgan fingerprint density at radius 3 is 2.43 bits per heavy atom. The molecule has 0 spiro atoms. The Hall–Kier alpha value is -3.15. The fraction of sp³-hybridized carbons (Fsp3) is 0.167. The Morgan fingerprint density at radius 1 is 1.03 bits per heavy atom. The average Bonchev–Trinajstić information content (AvgIpc) is 2.94. The summed E-state index contributed by atoms with van der Waals surface area (Å²) in [5.74, 6) is -0.860. The van der Waals surface area contributed by atoms with E-state index in [0.29, 0.717) is 40.5 Å². The predicted molar refractivity (Wildman–Crippen MR) is 118 cm³/mol. The number of aliphatic hydroxyl groups is 1. The number of amides is 1. The van der Waals surface area contributed by atoms with E-state index in [1.54, 1.807) is 42.5 Å². The van der Waals surface area contributed by atoms with Gasteiger partial charge >= 0.3 is 0 Å². The van der Waals surface area contributed by atoms with Crippen LogP contribution in [0.15, 0.2) is 72.8 Å². The molecule has 6 heteroatoms. The second-order valence-electron chi connectivity index (χ2n) is 7.44. The second-order valence-corrected chi connectivity index (χ2v) is 7.87. The third-order valence-electron chi connectivity index (χ3n) is 5.41. The molecule has 0 aromatic heterocycles. The molecule has 0 radical (unpaired) electrons. The number of nitrogens with zero attached hydrogens (tertiary/aromatic N) is 1. The molecular formula is C24H21ClN2O3. The number of halogens is 1. The van der Waals surface area contributed by atoms with Crippen LogP contribution in [0.5, 0.6) is 0 Å². The minimum absolute atomic E-state index is 0.346. The van der Waals surface area contributed by atoms with Gasteiger partial charge < -0.3 is 15.7 Å². The third-order valence-corrected chi connectivity index (χ3v) is 5.64. The minimum Gasteiger partial charge on any atom is -0.399 e. The van der Waals surface area contributed by atoms with Gasteiger partial charge in [0.05, 0.1) is 12.1 Å². The van der Waals surface area contributed by atoms with Gasteiger partial charge in [-0.1, -0.05) is 41.9 Å². The van der Waals surface area contributed by atoms with Gasteiger partial charge in [0.15, 0.2) is 11.4 Å². The second kappa shape index (κ2) is 7.94. The Morgan fingerprint density at radius 2 is 1.73 bits per heavy atom. The number of Topliss-reactive ketones (excluding diaryl/α,β-unsaturated/α-hetero) is 1. The number of ketones is 1. The van der Waals surface area contributed by atoms with E-state index in [9.17, 15) is 14.7 Å². The quantitative estimate of drug-likeness (QED) is 0.467. The van der Waals surface area contributed by atoms with Crippen molar-refractivity contribution in [3.05, 3.63) is 94.5 Å². The molecule has 0 saturated heterocycles. The van der Waals surface area contributed by atoms with Gasteiger partial charge in [-0.25, -0.2) is 0 Å². The van der Waals surface area contributed by atoms with Gasteiger partial charge in [-0.2, -0.15) is 0 Å². The van der Waals surface area contributed by atoms with Crippen LogP contribution in [-0.2, 0) is 16.8 Å². The average molecular weight is 421 g/mol. The van der Waals surface area contributed by atoms with Crippen molar-refractivity contribution in [3.8, 4) is 0 Å². The lowest BCUT2D eigenvalue weighted by molar-refractivity contribution is -0.135. The molecule has 5 nitrogen and oxygen atoms in total. The number of nitrogens with two attached hydrogens (primary N) is 1. The first-order valence-corrected chi connectivity index (χ1v) is 10.0. The molecule has 0 bridgehead atoms. The lowest BCUT2D eigenvalue weighted by Crippen LogP contribution is -2.42. The Bertz CT molecular complexity index is 1100. The Kier molecular flexibility index (Phi) is 5.33. The lowest BCUT2D eigenvalue weighted by Gasteiger charge is -2.23. The monoisotopic (exact) mass is 420 g/mol. The van der Waals surface area contributed by atoms with E-state index in [-0.39, 0.29) is 12.2 Å². The summed E-state index contributed by atoms with van der Waals surface area (Å²) in [6.45, 7) is 0.385. The topological polar surface area (TPSA) is 83.6 Å². The van der Waals surface area contributed by atoms with Crippen molar-refractivity contribution < 1.29 is 14.7 Å². The highest BCUT2D eigenvalue weighted by Crippen LogP contribution is 2.44. The highest BCUT2D eigenvalue weighted by atomic mass is 35.5. The summed E-state index contributed by atoms with van der Waals surface area (Å²) >= 11 is 6.15. The zero-order valence-electron chi connectivity index (χ0n) is 16.2. The van der Waals surface area contributed by atoms with Gasteiger partial charge in [-0.15, -0.1) is 0 Å². The molecule has 4 rings (SSSR count). The van der Waals surface area contributed by atoms with E-state index < -0.39 is 11.5 Å². The van der Waals surface area contributed by atoms with Crippen molar-refractivity contribution >= 4 is 34.7 Å². The molecule has 0 unspecified atom stereocenters. The lowest BCUT2D eigenvalue weighted by atomic mass is 9.88. The molecule has 1 atom stereocenters. The maximum absolute atomic E-state index is 13.3. The van der Waals surface area contributed by atoms with Crippen molar-refractivity contribution in [1.29, 1.82) is 0 Å². The van der Waals surface area contributed by atoms with Crippen LogP contribution in [-0.4, -0.2) is 23.3 Å². The normalized spacial score (nSPS) is 17.8. The van der Waals surface area contributed by atoms with E-state index in [1.165, 1.54) is 4.90 Å². The first-order valence-electron chi connectivity index (χ1n) is 9.65. The van der Waals surface area contributed by atoms with E-state index in [2.05, 4.69) is 0 Å². The van der Waals surface area contributed by atoms with Crippen LogP contribution < -0.4 is 10.6 Å². The van der Waals surface area contributed by atoms with Crippen molar-refractivity contribution in [2.45, 2.75) is 18.4 Å². The van der Waals surface area contributed by atoms with Gasteiger partial charge in [0.2, 0.25) is 0 Å². The number of benzene rings is 3. The molecule has 30 heavy (non-hydrogen) atoms. The molecule has 0 saturated carbocycles. The van der Waals surface area contributed by atoms with Crippen molar-refractivity contribution in [3.63, 3.8) is 0 Å². The number of carbonyl (C=O) groups is 2. The molecule has 1 aliphatic heterocycles. The number of fused-ring (bicyclic) bond motifs is 1. The number of hydrogen-bond donors (Lipinski definition) is 2. The van der Waals surface area contributed by atoms with Crippen LogP contribution in [0.3, 0.4) is 0 Å². The van der Waals surface area contributed by atoms with Gasteiger partial charge in [-0.3, -0.25) is 9.59 Å². The van der Waals surface area contributed by atoms with Crippen molar-refractivity contribution in [2.75, 3.05) is 17.2 Å². The maximum atomic E-state index is 13.3. The standard InChI is InChI=1S/C24H21ClN2O3/c25-18-8-11-21-20(14-18)24(30,15-22(28)17-6-9-19(26)10-7-17)23(29)27(21)13-12-16-4-2-1-3-5-16/h1-11,14,30H,12-13,15,26H2/t24-/m1/s1. The van der Waals surface area contributed by atoms with E-state index in [4.69, 9.17) is 17.3 Å². The van der Waals surface area contributed by atoms with Crippen molar-refractivity contribution in [1.82, 2.24) is 0 Å². The summed E-state index contributed by atoms with van der Waals surface area (Å²) in [5, 5.41) is 11.8. The summed E-state index contributed by atoms with van der Waals surface area (Å²) in [6.07, 6.45) is 0.252. The molecule has 1 amide bonds. The van der Waals surface area contributed by atoms with Crippen LogP contribution in [0.4, 0.5) is 11.4 Å². The van der Waals surface area contributed by atoms with Gasteiger partial charge in [0, 0.05) is 28.4 Å². The number of anilines is 2. The van der Waals surface area contributed by atoms with Crippen molar-refractivity contribution in [2.24, 2.45) is 0 Å². The molecule has 3 N–H and O–H groups in total. The van der Waals surface area contributed by atoms with Crippen LogP contribution in [0, 0.1) is 0 Å². The summed E-state index contributed by atoms with van der Waals surface area (Å²) in [5.41, 5.74) is 6.65. The van der Waals surface area contributed by atoms with Crippen LogP contribution in [0.2, 0.25) is 5.02 Å². The summed E-state index contributed by atoms with van der Waals surface area (Å²) in [7, 11) is 0. The smallest absolute Gasteiger partial charge is 0.264 e. The van der Waals surface area contributed by atoms with Crippen LogP contribution >= 0.6 is 11.6 Å². The van der Waals surface area contributed by atoms with E-state index in [1.807, 2.05) is 30.3 Å². The van der Waals surface area contributed by atoms with Gasteiger partial charge in [-0.05, 0) is 54.4 Å². The molecule has 1 heterocycles. The molecule has 0 fully saturated rings.